The normalized spacial score (nSPS) is 11.6. The molecular formula is C13H17NO5. The third kappa shape index (κ3) is 6.42. The number of carbonyl (C=O) groups excluding carboxylic acids is 1. The number of aliphatic hydroxyl groups is 1. The predicted molar refractivity (Wildman–Crippen MR) is 67.5 cm³/mol. The van der Waals surface area contributed by atoms with Gasteiger partial charge in [0.1, 0.15) is 6.61 Å². The van der Waals surface area contributed by atoms with Gasteiger partial charge in [-0.3, -0.25) is 4.79 Å². The Kier molecular flexibility index (Phi) is 6.38. The largest absolute Gasteiger partial charge is 0.481 e. The second kappa shape index (κ2) is 8.10. The monoisotopic (exact) mass is 267 g/mol. The highest BCUT2D eigenvalue weighted by molar-refractivity contribution is 5.68. The quantitative estimate of drug-likeness (QED) is 0.688. The van der Waals surface area contributed by atoms with Gasteiger partial charge in [-0.15, -0.1) is 0 Å². The van der Waals surface area contributed by atoms with Gasteiger partial charge in [-0.1, -0.05) is 30.3 Å². The standard InChI is InChI=1S/C13H17NO5/c15-8-11(6-7-12(16)17)14-13(18)19-9-10-4-2-1-3-5-10/h1-5,11,15H,6-9H2,(H,14,18)(H,16,17)/t11-/m0/s1. The lowest BCUT2D eigenvalue weighted by atomic mass is 10.2. The van der Waals surface area contributed by atoms with Crippen LogP contribution < -0.4 is 5.32 Å². The lowest BCUT2D eigenvalue weighted by Crippen LogP contribution is -2.38. The Morgan fingerprint density at radius 1 is 1.26 bits per heavy atom. The summed E-state index contributed by atoms with van der Waals surface area (Å²) in [5, 5.41) is 19.9. The van der Waals surface area contributed by atoms with E-state index in [0.29, 0.717) is 0 Å². The van der Waals surface area contributed by atoms with Crippen molar-refractivity contribution in [2.24, 2.45) is 0 Å². The second-order valence-electron chi connectivity index (χ2n) is 4.02. The molecule has 0 heterocycles. The van der Waals surface area contributed by atoms with E-state index < -0.39 is 18.1 Å². The number of alkyl carbamates (subject to hydrolysis) is 1. The molecule has 0 saturated carbocycles. The van der Waals surface area contributed by atoms with Crippen LogP contribution in [0.3, 0.4) is 0 Å². The van der Waals surface area contributed by atoms with E-state index in [1.165, 1.54) is 0 Å². The molecule has 0 aromatic heterocycles. The van der Waals surface area contributed by atoms with E-state index in [2.05, 4.69) is 5.32 Å². The van der Waals surface area contributed by atoms with E-state index in [9.17, 15) is 9.59 Å². The molecule has 6 heteroatoms. The van der Waals surface area contributed by atoms with Crippen LogP contribution in [0.2, 0.25) is 0 Å². The van der Waals surface area contributed by atoms with Crippen molar-refractivity contribution >= 4 is 12.1 Å². The highest BCUT2D eigenvalue weighted by Gasteiger charge is 2.13. The SMILES string of the molecule is O=C(O)CC[C@@H](CO)NC(=O)OCc1ccccc1. The summed E-state index contributed by atoms with van der Waals surface area (Å²) in [5.74, 6) is -0.974. The fourth-order valence-electron chi connectivity index (χ4n) is 1.44. The molecule has 1 atom stereocenters. The van der Waals surface area contributed by atoms with Gasteiger partial charge in [0.25, 0.3) is 0 Å². The van der Waals surface area contributed by atoms with Gasteiger partial charge in [-0.25, -0.2) is 4.79 Å². The number of carboxylic acid groups (broad SMARTS) is 1. The minimum atomic E-state index is -0.974. The second-order valence-corrected chi connectivity index (χ2v) is 4.02. The minimum Gasteiger partial charge on any atom is -0.481 e. The van der Waals surface area contributed by atoms with E-state index >= 15 is 0 Å². The van der Waals surface area contributed by atoms with Gasteiger partial charge >= 0.3 is 12.1 Å². The van der Waals surface area contributed by atoms with Crippen molar-refractivity contribution in [1.82, 2.24) is 5.32 Å². The van der Waals surface area contributed by atoms with Crippen LogP contribution in [-0.4, -0.2) is 34.9 Å². The molecule has 1 aromatic carbocycles. The molecular weight excluding hydrogens is 250 g/mol. The molecule has 0 bridgehead atoms. The van der Waals surface area contributed by atoms with Gasteiger partial charge in [0.15, 0.2) is 0 Å². The van der Waals surface area contributed by atoms with Crippen molar-refractivity contribution in [3.63, 3.8) is 0 Å². The maximum Gasteiger partial charge on any atom is 0.407 e. The molecule has 1 amide bonds. The number of rotatable bonds is 7. The van der Waals surface area contributed by atoms with Gasteiger partial charge in [0.05, 0.1) is 12.6 Å². The van der Waals surface area contributed by atoms with E-state index in [1.807, 2.05) is 30.3 Å². The van der Waals surface area contributed by atoms with Crippen LogP contribution in [0.15, 0.2) is 30.3 Å². The van der Waals surface area contributed by atoms with Gasteiger partial charge in [0.2, 0.25) is 0 Å². The Bertz CT molecular complexity index is 407. The molecule has 0 aliphatic carbocycles. The van der Waals surface area contributed by atoms with Crippen LogP contribution in [0.5, 0.6) is 0 Å². The molecule has 0 spiro atoms. The molecule has 0 aliphatic heterocycles. The number of aliphatic hydroxyl groups excluding tert-OH is 1. The molecule has 0 aliphatic rings. The van der Waals surface area contributed by atoms with Gasteiger partial charge in [-0.2, -0.15) is 0 Å². The summed E-state index contributed by atoms with van der Waals surface area (Å²) in [6.07, 6.45) is -0.635. The lowest BCUT2D eigenvalue weighted by Gasteiger charge is -2.15. The molecule has 3 N–H and O–H groups in total. The summed E-state index contributed by atoms with van der Waals surface area (Å²) in [5.41, 5.74) is 0.851. The lowest BCUT2D eigenvalue weighted by molar-refractivity contribution is -0.137. The van der Waals surface area contributed by atoms with Crippen molar-refractivity contribution in [2.45, 2.75) is 25.5 Å². The highest BCUT2D eigenvalue weighted by Crippen LogP contribution is 2.02. The fraction of sp³-hybridized carbons (Fsp3) is 0.385. The summed E-state index contributed by atoms with van der Waals surface area (Å²) in [4.78, 5) is 21.8. The van der Waals surface area contributed by atoms with Crippen LogP contribution in [0.1, 0.15) is 18.4 Å². The molecule has 19 heavy (non-hydrogen) atoms. The third-order valence-electron chi connectivity index (χ3n) is 2.46. The fourth-order valence-corrected chi connectivity index (χ4v) is 1.44. The molecule has 6 nitrogen and oxygen atoms in total. The van der Waals surface area contributed by atoms with E-state index in [0.717, 1.165) is 5.56 Å². The summed E-state index contributed by atoms with van der Waals surface area (Å²) >= 11 is 0. The number of carboxylic acids is 1. The maximum absolute atomic E-state index is 11.4. The summed E-state index contributed by atoms with van der Waals surface area (Å²) in [6.45, 7) is -0.197. The van der Waals surface area contributed by atoms with Crippen LogP contribution in [0, 0.1) is 0 Å². The van der Waals surface area contributed by atoms with Crippen LogP contribution in [0.25, 0.3) is 0 Å². The molecule has 1 rings (SSSR count). The van der Waals surface area contributed by atoms with Crippen molar-refractivity contribution < 1.29 is 24.5 Å². The van der Waals surface area contributed by atoms with E-state index in [1.54, 1.807) is 0 Å². The minimum absolute atomic E-state index is 0.121. The number of amides is 1. The zero-order chi connectivity index (χ0) is 14.1. The average molecular weight is 267 g/mol. The van der Waals surface area contributed by atoms with Crippen LogP contribution >= 0.6 is 0 Å². The van der Waals surface area contributed by atoms with Crippen LogP contribution in [-0.2, 0) is 16.1 Å². The molecule has 104 valence electrons. The Morgan fingerprint density at radius 2 is 1.95 bits per heavy atom. The first-order valence-corrected chi connectivity index (χ1v) is 5.91. The Balaban J connectivity index is 2.30. The maximum atomic E-state index is 11.4. The summed E-state index contributed by atoms with van der Waals surface area (Å²) in [7, 11) is 0. The number of carbonyl (C=O) groups is 2. The van der Waals surface area contributed by atoms with Crippen molar-refractivity contribution in [3.8, 4) is 0 Å². The number of nitrogens with one attached hydrogen (secondary N) is 1. The van der Waals surface area contributed by atoms with Gasteiger partial charge in [0, 0.05) is 6.42 Å². The van der Waals surface area contributed by atoms with Crippen molar-refractivity contribution in [2.75, 3.05) is 6.61 Å². The first-order chi connectivity index (χ1) is 9.11. The number of hydrogen-bond donors (Lipinski definition) is 3. The molecule has 0 fully saturated rings. The number of benzene rings is 1. The number of ether oxygens (including phenoxy) is 1. The number of hydrogen-bond acceptors (Lipinski definition) is 4. The van der Waals surface area contributed by atoms with Crippen molar-refractivity contribution in [1.29, 1.82) is 0 Å². The highest BCUT2D eigenvalue weighted by atomic mass is 16.5. The first-order valence-electron chi connectivity index (χ1n) is 5.91. The average Bonchev–Trinajstić information content (AvgIpc) is 2.42. The van der Waals surface area contributed by atoms with Crippen LogP contribution in [0.4, 0.5) is 4.79 Å². The smallest absolute Gasteiger partial charge is 0.407 e. The predicted octanol–water partition coefficient (Wildman–Crippen LogP) is 1.14. The number of aliphatic carboxylic acids is 1. The third-order valence-corrected chi connectivity index (χ3v) is 2.46. The molecule has 0 radical (unpaired) electrons. The van der Waals surface area contributed by atoms with Gasteiger partial charge < -0.3 is 20.3 Å². The Labute approximate surface area is 111 Å². The Morgan fingerprint density at radius 3 is 2.53 bits per heavy atom. The molecule has 0 saturated heterocycles. The molecule has 1 aromatic rings. The summed E-state index contributed by atoms with van der Waals surface area (Å²) < 4.78 is 4.96. The van der Waals surface area contributed by atoms with Gasteiger partial charge in [-0.05, 0) is 12.0 Å². The first kappa shape index (κ1) is 15.0. The van der Waals surface area contributed by atoms with E-state index in [-0.39, 0.29) is 26.1 Å². The van der Waals surface area contributed by atoms with E-state index in [4.69, 9.17) is 14.9 Å². The van der Waals surface area contributed by atoms with Crippen molar-refractivity contribution in [3.05, 3.63) is 35.9 Å². The zero-order valence-corrected chi connectivity index (χ0v) is 10.4. The topological polar surface area (TPSA) is 95.9 Å². The molecule has 0 unspecified atom stereocenters. The summed E-state index contributed by atoms with van der Waals surface area (Å²) in [6, 6.07) is 8.55. The Hall–Kier alpha value is -2.08. The zero-order valence-electron chi connectivity index (χ0n) is 10.4.